The number of alkyl halides is 4. The minimum absolute atomic E-state index is 0.189. The van der Waals surface area contributed by atoms with E-state index in [1.54, 1.807) is 0 Å². The molecule has 1 heterocycles. The minimum Gasteiger partial charge on any atom is -0.291 e. The number of rotatable bonds is 2. The molecule has 1 aliphatic rings. The van der Waals surface area contributed by atoms with Gasteiger partial charge < -0.3 is 0 Å². The summed E-state index contributed by atoms with van der Waals surface area (Å²) >= 11 is 7.32. The van der Waals surface area contributed by atoms with Gasteiger partial charge >= 0.3 is 6.18 Å². The van der Waals surface area contributed by atoms with Gasteiger partial charge in [-0.25, -0.2) is 0 Å². The SMILES string of the molecule is CC1=CN(c2ccc(C(F)(F)F)cc2)SC1CCl. The van der Waals surface area contributed by atoms with Crippen LogP contribution in [0.4, 0.5) is 18.9 Å². The van der Waals surface area contributed by atoms with Crippen LogP contribution in [-0.2, 0) is 6.18 Å². The third kappa shape index (κ3) is 2.78. The lowest BCUT2D eigenvalue weighted by Gasteiger charge is -2.16. The molecule has 18 heavy (non-hydrogen) atoms. The molecule has 0 spiro atoms. The second-order valence-electron chi connectivity index (χ2n) is 3.99. The van der Waals surface area contributed by atoms with Crippen molar-refractivity contribution in [2.75, 3.05) is 10.2 Å². The van der Waals surface area contributed by atoms with Gasteiger partial charge in [-0.05, 0) is 48.7 Å². The van der Waals surface area contributed by atoms with Gasteiger partial charge in [0.25, 0.3) is 0 Å². The largest absolute Gasteiger partial charge is 0.416 e. The number of halogens is 4. The summed E-state index contributed by atoms with van der Waals surface area (Å²) < 4.78 is 39.1. The summed E-state index contributed by atoms with van der Waals surface area (Å²) in [6.45, 7) is 1.96. The standard InChI is InChI=1S/C12H11ClF3NS/c1-8-7-17(18-11(8)6-13)10-4-2-9(3-5-10)12(14,15)16/h2-5,7,11H,6H2,1H3. The Hall–Kier alpha value is -0.810. The Morgan fingerprint density at radius 3 is 2.33 bits per heavy atom. The fourth-order valence-electron chi connectivity index (χ4n) is 1.60. The molecule has 2 rings (SSSR count). The maximum atomic E-state index is 12.4. The van der Waals surface area contributed by atoms with E-state index in [9.17, 15) is 13.2 Å². The van der Waals surface area contributed by atoms with Crippen LogP contribution in [-0.4, -0.2) is 11.1 Å². The zero-order valence-corrected chi connectivity index (χ0v) is 11.1. The Kier molecular flexibility index (Phi) is 3.82. The maximum absolute atomic E-state index is 12.4. The van der Waals surface area contributed by atoms with E-state index < -0.39 is 11.7 Å². The quantitative estimate of drug-likeness (QED) is 0.575. The van der Waals surface area contributed by atoms with Crippen molar-refractivity contribution >= 4 is 29.2 Å². The Morgan fingerprint density at radius 1 is 1.28 bits per heavy atom. The topological polar surface area (TPSA) is 3.24 Å². The van der Waals surface area contributed by atoms with Crippen molar-refractivity contribution in [1.82, 2.24) is 0 Å². The van der Waals surface area contributed by atoms with Crippen LogP contribution in [0.25, 0.3) is 0 Å². The highest BCUT2D eigenvalue weighted by atomic mass is 35.5. The molecule has 1 atom stereocenters. The molecule has 6 heteroatoms. The fraction of sp³-hybridized carbons (Fsp3) is 0.333. The van der Waals surface area contributed by atoms with Gasteiger partial charge in [0.1, 0.15) is 0 Å². The number of hydrogen-bond donors (Lipinski definition) is 0. The van der Waals surface area contributed by atoms with Crippen LogP contribution in [0, 0.1) is 0 Å². The first-order valence-electron chi connectivity index (χ1n) is 5.29. The third-order valence-electron chi connectivity index (χ3n) is 2.66. The molecule has 0 radical (unpaired) electrons. The molecule has 1 aromatic rings. The van der Waals surface area contributed by atoms with E-state index in [1.807, 2.05) is 17.4 Å². The summed E-state index contributed by atoms with van der Waals surface area (Å²) in [5.74, 6) is 0.490. The van der Waals surface area contributed by atoms with E-state index in [4.69, 9.17) is 11.6 Å². The first kappa shape index (κ1) is 13.6. The number of anilines is 1. The first-order valence-corrected chi connectivity index (χ1v) is 6.66. The van der Waals surface area contributed by atoms with Crippen molar-refractivity contribution in [3.8, 4) is 0 Å². The molecule has 0 bridgehead atoms. The van der Waals surface area contributed by atoms with Crippen molar-refractivity contribution < 1.29 is 13.2 Å². The summed E-state index contributed by atoms with van der Waals surface area (Å²) in [4.78, 5) is 0. The van der Waals surface area contributed by atoms with Gasteiger partial charge in [0.15, 0.2) is 0 Å². The second kappa shape index (κ2) is 5.05. The molecule has 0 N–H and O–H groups in total. The average Bonchev–Trinajstić information content (AvgIpc) is 2.69. The van der Waals surface area contributed by atoms with Crippen LogP contribution in [0.2, 0.25) is 0 Å². The molecular weight excluding hydrogens is 283 g/mol. The monoisotopic (exact) mass is 293 g/mol. The van der Waals surface area contributed by atoms with Gasteiger partial charge in [-0.3, -0.25) is 4.31 Å². The summed E-state index contributed by atoms with van der Waals surface area (Å²) in [6.07, 6.45) is -2.39. The molecule has 0 saturated carbocycles. The Morgan fingerprint density at radius 2 is 1.89 bits per heavy atom. The fourth-order valence-corrected chi connectivity index (χ4v) is 3.04. The van der Waals surface area contributed by atoms with E-state index in [1.165, 1.54) is 24.1 Å². The average molecular weight is 294 g/mol. The van der Waals surface area contributed by atoms with Crippen LogP contribution in [0.15, 0.2) is 36.0 Å². The van der Waals surface area contributed by atoms with Crippen LogP contribution in [0.1, 0.15) is 12.5 Å². The number of benzene rings is 1. The van der Waals surface area contributed by atoms with Gasteiger partial charge in [0.2, 0.25) is 0 Å². The van der Waals surface area contributed by atoms with Gasteiger partial charge in [0, 0.05) is 12.1 Å². The molecule has 0 amide bonds. The van der Waals surface area contributed by atoms with Crippen molar-refractivity contribution in [2.45, 2.75) is 18.3 Å². The number of hydrogen-bond acceptors (Lipinski definition) is 2. The van der Waals surface area contributed by atoms with Crippen molar-refractivity contribution in [3.05, 3.63) is 41.6 Å². The molecule has 1 nitrogen and oxygen atoms in total. The van der Waals surface area contributed by atoms with Crippen molar-refractivity contribution in [2.24, 2.45) is 0 Å². The molecule has 1 aliphatic heterocycles. The molecule has 0 aromatic heterocycles. The van der Waals surface area contributed by atoms with E-state index >= 15 is 0 Å². The van der Waals surface area contributed by atoms with Gasteiger partial charge in [-0.2, -0.15) is 13.2 Å². The highest BCUT2D eigenvalue weighted by Crippen LogP contribution is 2.38. The van der Waals surface area contributed by atoms with Crippen LogP contribution in [0.3, 0.4) is 0 Å². The lowest BCUT2D eigenvalue weighted by molar-refractivity contribution is -0.137. The highest BCUT2D eigenvalue weighted by Gasteiger charge is 2.30. The van der Waals surface area contributed by atoms with Crippen molar-refractivity contribution in [1.29, 1.82) is 0 Å². The lowest BCUT2D eigenvalue weighted by atomic mass is 10.2. The van der Waals surface area contributed by atoms with E-state index in [0.717, 1.165) is 23.4 Å². The molecule has 0 fully saturated rings. The van der Waals surface area contributed by atoms with Crippen LogP contribution in [0.5, 0.6) is 0 Å². The molecule has 0 saturated heterocycles. The molecule has 1 unspecified atom stereocenters. The summed E-state index contributed by atoms with van der Waals surface area (Å²) in [7, 11) is 0. The van der Waals surface area contributed by atoms with Crippen molar-refractivity contribution in [3.63, 3.8) is 0 Å². The summed E-state index contributed by atoms with van der Waals surface area (Å²) in [5, 5.41) is 0.189. The zero-order chi connectivity index (χ0) is 13.3. The predicted octanol–water partition coefficient (Wildman–Crippen LogP) is 4.68. The predicted molar refractivity (Wildman–Crippen MR) is 69.8 cm³/mol. The molecular formula is C12H11ClF3NS. The second-order valence-corrected chi connectivity index (χ2v) is 5.47. The molecule has 0 aliphatic carbocycles. The Labute approximate surface area is 113 Å². The summed E-state index contributed by atoms with van der Waals surface area (Å²) in [5.41, 5.74) is 1.21. The lowest BCUT2D eigenvalue weighted by Crippen LogP contribution is -2.08. The Bertz CT molecular complexity index is 455. The van der Waals surface area contributed by atoms with Crippen LogP contribution < -0.4 is 4.31 Å². The minimum atomic E-state index is -4.29. The van der Waals surface area contributed by atoms with Crippen LogP contribution >= 0.6 is 23.5 Å². The highest BCUT2D eigenvalue weighted by molar-refractivity contribution is 8.01. The molecule has 98 valence electrons. The Balaban J connectivity index is 2.17. The number of nitrogens with zero attached hydrogens (tertiary/aromatic N) is 1. The maximum Gasteiger partial charge on any atom is 0.416 e. The first-order chi connectivity index (χ1) is 8.41. The molecule has 1 aromatic carbocycles. The normalized spacial score (nSPS) is 20.2. The van der Waals surface area contributed by atoms with Gasteiger partial charge in [-0.15, -0.1) is 11.6 Å². The van der Waals surface area contributed by atoms with E-state index in [0.29, 0.717) is 5.88 Å². The van der Waals surface area contributed by atoms with E-state index in [-0.39, 0.29) is 5.25 Å². The van der Waals surface area contributed by atoms with Gasteiger partial charge in [-0.1, -0.05) is 0 Å². The van der Waals surface area contributed by atoms with Gasteiger partial charge in [0.05, 0.1) is 16.5 Å². The zero-order valence-electron chi connectivity index (χ0n) is 9.54. The smallest absolute Gasteiger partial charge is 0.291 e. The van der Waals surface area contributed by atoms with E-state index in [2.05, 4.69) is 0 Å². The third-order valence-corrected chi connectivity index (χ3v) is 4.49. The summed E-state index contributed by atoms with van der Waals surface area (Å²) in [6, 6.07) is 5.12.